The van der Waals surface area contributed by atoms with Crippen molar-refractivity contribution in [3.63, 3.8) is 0 Å². The third kappa shape index (κ3) is 4.51. The van der Waals surface area contributed by atoms with Crippen molar-refractivity contribution in [2.75, 3.05) is 24.7 Å². The largest absolute Gasteiger partial charge is 0.323 e. The first-order valence-corrected chi connectivity index (χ1v) is 12.9. The van der Waals surface area contributed by atoms with Crippen LogP contribution in [0.4, 0.5) is 23.7 Å². The number of carbonyl (C=O) groups excluding carboxylic acids is 1. The summed E-state index contributed by atoms with van der Waals surface area (Å²) in [6.07, 6.45) is -0.0859. The van der Waals surface area contributed by atoms with Gasteiger partial charge in [-0.25, -0.2) is 31.4 Å². The van der Waals surface area contributed by atoms with Crippen LogP contribution in [0.5, 0.6) is 0 Å². The standard InChI is InChI=1S/C22H21F3N4O3S2/c1-13-3-5-15(10-16(13)23)22(20-26-12-27-33-20)7-8-29(11-22)21(30)28-17-9-14(19(24)25)4-6-18(17)34(2,31)32/h3-6,9-10,12,19H,7-8,11H2,1-2H3,(H,28,30)/t22-/m1/s1. The van der Waals surface area contributed by atoms with E-state index in [0.29, 0.717) is 22.6 Å². The fourth-order valence-electron chi connectivity index (χ4n) is 4.09. The van der Waals surface area contributed by atoms with Crippen molar-refractivity contribution in [2.24, 2.45) is 0 Å². The minimum atomic E-state index is -3.79. The zero-order valence-electron chi connectivity index (χ0n) is 18.3. The molecule has 34 heavy (non-hydrogen) atoms. The Labute approximate surface area is 198 Å². The fourth-order valence-corrected chi connectivity index (χ4v) is 5.66. The molecule has 1 atom stereocenters. The highest BCUT2D eigenvalue weighted by molar-refractivity contribution is 7.90. The molecule has 1 N–H and O–H groups in total. The van der Waals surface area contributed by atoms with E-state index in [9.17, 15) is 26.4 Å². The van der Waals surface area contributed by atoms with Crippen LogP contribution < -0.4 is 5.32 Å². The quantitative estimate of drug-likeness (QED) is 0.544. The van der Waals surface area contributed by atoms with Gasteiger partial charge in [0.15, 0.2) is 9.84 Å². The molecule has 180 valence electrons. The lowest BCUT2D eigenvalue weighted by Crippen LogP contribution is -2.38. The lowest BCUT2D eigenvalue weighted by atomic mass is 9.80. The number of aryl methyl sites for hydroxylation is 1. The molecular formula is C22H21F3N4O3S2. The Morgan fingerprint density at radius 2 is 2.00 bits per heavy atom. The van der Waals surface area contributed by atoms with Crippen LogP contribution in [0.25, 0.3) is 0 Å². The number of rotatable bonds is 5. The Morgan fingerprint density at radius 3 is 2.62 bits per heavy atom. The maximum Gasteiger partial charge on any atom is 0.321 e. The van der Waals surface area contributed by atoms with Crippen molar-refractivity contribution in [1.82, 2.24) is 14.3 Å². The predicted molar refractivity (Wildman–Crippen MR) is 122 cm³/mol. The van der Waals surface area contributed by atoms with Gasteiger partial charge in [-0.1, -0.05) is 18.2 Å². The summed E-state index contributed by atoms with van der Waals surface area (Å²) in [6, 6.07) is 7.24. The maximum absolute atomic E-state index is 14.4. The highest BCUT2D eigenvalue weighted by atomic mass is 32.2. The Morgan fingerprint density at radius 1 is 1.24 bits per heavy atom. The molecule has 7 nitrogen and oxygen atoms in total. The molecule has 2 aromatic carbocycles. The number of nitrogens with zero attached hydrogens (tertiary/aromatic N) is 3. The normalized spacial score (nSPS) is 18.5. The van der Waals surface area contributed by atoms with E-state index >= 15 is 0 Å². The summed E-state index contributed by atoms with van der Waals surface area (Å²) in [5.74, 6) is -0.383. The summed E-state index contributed by atoms with van der Waals surface area (Å²) >= 11 is 1.15. The van der Waals surface area contributed by atoms with Crippen LogP contribution in [0.15, 0.2) is 47.6 Å². The van der Waals surface area contributed by atoms with Crippen molar-refractivity contribution in [1.29, 1.82) is 0 Å². The molecule has 0 aliphatic carbocycles. The van der Waals surface area contributed by atoms with Crippen LogP contribution in [0.1, 0.15) is 34.5 Å². The molecule has 4 rings (SSSR count). The van der Waals surface area contributed by atoms with Crippen LogP contribution >= 0.6 is 11.5 Å². The molecule has 12 heteroatoms. The summed E-state index contributed by atoms with van der Waals surface area (Å²) in [5, 5.41) is 3.09. The van der Waals surface area contributed by atoms with E-state index < -0.39 is 33.3 Å². The van der Waals surface area contributed by atoms with Crippen LogP contribution in [-0.2, 0) is 15.3 Å². The van der Waals surface area contributed by atoms with Gasteiger partial charge in [-0.2, -0.15) is 4.37 Å². The lowest BCUT2D eigenvalue weighted by molar-refractivity contribution is 0.151. The molecule has 2 amide bonds. The highest BCUT2D eigenvalue weighted by Crippen LogP contribution is 2.42. The van der Waals surface area contributed by atoms with E-state index in [4.69, 9.17) is 0 Å². The second kappa shape index (κ2) is 8.99. The van der Waals surface area contributed by atoms with Crippen LogP contribution in [0.3, 0.4) is 0 Å². The third-order valence-corrected chi connectivity index (χ3v) is 7.97. The summed E-state index contributed by atoms with van der Waals surface area (Å²) < 4.78 is 69.2. The van der Waals surface area contributed by atoms with Crippen molar-refractivity contribution >= 4 is 33.1 Å². The first-order chi connectivity index (χ1) is 16.0. The number of sulfone groups is 1. The van der Waals surface area contributed by atoms with E-state index in [1.807, 2.05) is 0 Å². The van der Waals surface area contributed by atoms with Gasteiger partial charge in [0.2, 0.25) is 0 Å². The molecule has 1 saturated heterocycles. The minimum Gasteiger partial charge on any atom is -0.323 e. The molecule has 1 aliphatic rings. The molecule has 2 heterocycles. The van der Waals surface area contributed by atoms with E-state index in [0.717, 1.165) is 36.0 Å². The Kier molecular flexibility index (Phi) is 6.38. The number of nitrogens with one attached hydrogen (secondary N) is 1. The summed E-state index contributed by atoms with van der Waals surface area (Å²) in [7, 11) is -3.79. The van der Waals surface area contributed by atoms with Gasteiger partial charge in [0.25, 0.3) is 6.43 Å². The number of alkyl halides is 2. The average Bonchev–Trinajstić information content (AvgIpc) is 3.45. The van der Waals surface area contributed by atoms with E-state index in [1.165, 1.54) is 17.3 Å². The number of hydrogen-bond donors (Lipinski definition) is 1. The first-order valence-electron chi connectivity index (χ1n) is 10.2. The predicted octanol–water partition coefficient (Wildman–Crippen LogP) is 4.55. The van der Waals surface area contributed by atoms with Crippen molar-refractivity contribution < 1.29 is 26.4 Å². The van der Waals surface area contributed by atoms with Gasteiger partial charge in [0.1, 0.15) is 17.2 Å². The average molecular weight is 511 g/mol. The monoisotopic (exact) mass is 510 g/mol. The van der Waals surface area contributed by atoms with Gasteiger partial charge in [-0.05, 0) is 54.2 Å². The molecule has 0 unspecified atom stereocenters. The molecule has 1 fully saturated rings. The van der Waals surface area contributed by atoms with Crippen LogP contribution in [-0.4, -0.2) is 48.1 Å². The van der Waals surface area contributed by atoms with Gasteiger partial charge in [-0.15, -0.1) is 0 Å². The summed E-state index contributed by atoms with van der Waals surface area (Å²) in [5.41, 5.74) is -0.324. The zero-order valence-corrected chi connectivity index (χ0v) is 19.9. The first kappa shape index (κ1) is 24.1. The zero-order chi connectivity index (χ0) is 24.7. The molecular weight excluding hydrogens is 489 g/mol. The second-order valence-corrected chi connectivity index (χ2v) is 11.0. The van der Waals surface area contributed by atoms with Gasteiger partial charge < -0.3 is 10.2 Å². The highest BCUT2D eigenvalue weighted by Gasteiger charge is 2.45. The smallest absolute Gasteiger partial charge is 0.321 e. The molecule has 0 bridgehead atoms. The number of benzene rings is 2. The molecule has 3 aromatic rings. The Hall–Kier alpha value is -2.99. The second-order valence-electron chi connectivity index (χ2n) is 8.22. The van der Waals surface area contributed by atoms with Crippen molar-refractivity contribution in [3.05, 3.63) is 70.2 Å². The number of carbonyl (C=O) groups is 1. The van der Waals surface area contributed by atoms with Crippen molar-refractivity contribution in [2.45, 2.75) is 30.1 Å². The van der Waals surface area contributed by atoms with E-state index in [2.05, 4.69) is 14.7 Å². The van der Waals surface area contributed by atoms with Gasteiger partial charge in [0, 0.05) is 24.9 Å². The third-order valence-electron chi connectivity index (χ3n) is 5.95. The minimum absolute atomic E-state index is 0.124. The summed E-state index contributed by atoms with van der Waals surface area (Å²) in [6.45, 7) is 2.03. The lowest BCUT2D eigenvalue weighted by Gasteiger charge is -2.28. The number of amides is 2. The number of aromatic nitrogens is 2. The molecule has 1 aliphatic heterocycles. The van der Waals surface area contributed by atoms with Gasteiger partial charge in [-0.3, -0.25) is 0 Å². The van der Waals surface area contributed by atoms with Gasteiger partial charge in [0.05, 0.1) is 16.0 Å². The molecule has 0 saturated carbocycles. The Bertz CT molecular complexity index is 1330. The topological polar surface area (TPSA) is 92.3 Å². The molecule has 1 aromatic heterocycles. The van der Waals surface area contributed by atoms with E-state index in [1.54, 1.807) is 19.1 Å². The summed E-state index contributed by atoms with van der Waals surface area (Å²) in [4.78, 5) is 18.6. The fraction of sp³-hybridized carbons (Fsp3) is 0.318. The number of likely N-dealkylation sites (tertiary alicyclic amines) is 1. The van der Waals surface area contributed by atoms with Crippen molar-refractivity contribution in [3.8, 4) is 0 Å². The maximum atomic E-state index is 14.4. The SMILES string of the molecule is Cc1ccc([C@@]2(c3ncns3)CCN(C(=O)Nc3cc(C(F)F)ccc3S(C)(=O)=O)C2)cc1F. The molecule has 0 spiro atoms. The number of halogens is 3. The number of urea groups is 1. The number of anilines is 1. The van der Waals surface area contributed by atoms with Crippen LogP contribution in [0.2, 0.25) is 0 Å². The molecule has 0 radical (unpaired) electrons. The van der Waals surface area contributed by atoms with Crippen LogP contribution in [0, 0.1) is 12.7 Å². The van der Waals surface area contributed by atoms with Gasteiger partial charge >= 0.3 is 6.03 Å². The number of hydrogen-bond acceptors (Lipinski definition) is 6. The Balaban J connectivity index is 1.66. The van der Waals surface area contributed by atoms with E-state index in [-0.39, 0.29) is 29.5 Å².